The summed E-state index contributed by atoms with van der Waals surface area (Å²) in [6, 6.07) is 4.89. The Morgan fingerprint density at radius 2 is 1.96 bits per heavy atom. The Kier molecular flexibility index (Phi) is 3.68. The number of hydrogen-bond donors (Lipinski definition) is 1. The third-order valence-electron chi connectivity index (χ3n) is 3.85. The van der Waals surface area contributed by atoms with Gasteiger partial charge in [0.15, 0.2) is 5.75 Å². The van der Waals surface area contributed by atoms with Gasteiger partial charge >= 0.3 is 6.01 Å². The highest BCUT2D eigenvalue weighted by molar-refractivity contribution is 5.99. The molecule has 0 aliphatic carbocycles. The molecule has 4 rings (SSSR count). The molecule has 4 aromatic heterocycles. The predicted octanol–water partition coefficient (Wildman–Crippen LogP) is 2.64. The molecule has 0 atom stereocenters. The van der Waals surface area contributed by atoms with E-state index in [0.717, 1.165) is 0 Å². The van der Waals surface area contributed by atoms with Crippen LogP contribution in [0, 0.1) is 12.9 Å². The molecule has 4 heterocycles. The van der Waals surface area contributed by atoms with E-state index in [9.17, 15) is 4.39 Å². The van der Waals surface area contributed by atoms with Crippen LogP contribution in [0.3, 0.4) is 0 Å². The minimum absolute atomic E-state index is 0.0567. The summed E-state index contributed by atoms with van der Waals surface area (Å²) in [6.45, 7) is 1.79. The van der Waals surface area contributed by atoms with E-state index in [1.54, 1.807) is 29.8 Å². The van der Waals surface area contributed by atoms with Crippen LogP contribution in [0.1, 0.15) is 5.69 Å². The van der Waals surface area contributed by atoms with E-state index < -0.39 is 5.95 Å². The number of nitrogen functional groups attached to an aromatic ring is 1. The minimum Gasteiger partial charge on any atom is -0.419 e. The molecule has 2 N–H and O–H groups in total. The first-order chi connectivity index (χ1) is 12.5. The van der Waals surface area contributed by atoms with Gasteiger partial charge in [-0.25, -0.2) is 24.9 Å². The lowest BCUT2D eigenvalue weighted by Crippen LogP contribution is -1.98. The van der Waals surface area contributed by atoms with Crippen LogP contribution < -0.4 is 10.5 Å². The van der Waals surface area contributed by atoms with E-state index >= 15 is 0 Å². The van der Waals surface area contributed by atoms with Crippen LogP contribution in [0.15, 0.2) is 36.9 Å². The molecule has 0 unspecified atom stereocenters. The van der Waals surface area contributed by atoms with Gasteiger partial charge < -0.3 is 15.0 Å². The summed E-state index contributed by atoms with van der Waals surface area (Å²) < 4.78 is 21.6. The number of anilines is 1. The molecular weight excluding hydrogens is 337 g/mol. The number of halogens is 1. The van der Waals surface area contributed by atoms with Crippen LogP contribution in [0.2, 0.25) is 0 Å². The maximum Gasteiger partial charge on any atom is 0.322 e. The number of hydrogen-bond acceptors (Lipinski definition) is 7. The van der Waals surface area contributed by atoms with Crippen molar-refractivity contribution in [3.8, 4) is 23.0 Å². The Morgan fingerprint density at radius 3 is 2.73 bits per heavy atom. The van der Waals surface area contributed by atoms with Crippen LogP contribution in [-0.2, 0) is 7.05 Å². The topological polar surface area (TPSA) is 105 Å². The van der Waals surface area contributed by atoms with Crippen LogP contribution in [0.4, 0.5) is 10.2 Å². The Hall–Kier alpha value is -3.62. The zero-order chi connectivity index (χ0) is 18.3. The zero-order valence-electron chi connectivity index (χ0n) is 14.0. The molecule has 8 nitrogen and oxygen atoms in total. The number of nitrogens with two attached hydrogens (primary N) is 1. The van der Waals surface area contributed by atoms with Gasteiger partial charge in [0.1, 0.15) is 17.8 Å². The number of nitrogens with zero attached hydrogens (tertiary/aromatic N) is 6. The zero-order valence-corrected chi connectivity index (χ0v) is 14.0. The molecule has 0 amide bonds. The van der Waals surface area contributed by atoms with Crippen molar-refractivity contribution < 1.29 is 9.13 Å². The molecule has 0 fully saturated rings. The van der Waals surface area contributed by atoms with Crippen molar-refractivity contribution in [3.05, 3.63) is 48.6 Å². The summed E-state index contributed by atoms with van der Waals surface area (Å²) in [7, 11) is 1.82. The Labute approximate surface area is 147 Å². The number of ether oxygens (including phenoxy) is 1. The summed E-state index contributed by atoms with van der Waals surface area (Å²) in [4.78, 5) is 20.2. The Balaban J connectivity index is 1.75. The lowest BCUT2D eigenvalue weighted by atomic mass is 10.1. The highest BCUT2D eigenvalue weighted by atomic mass is 19.1. The monoisotopic (exact) mass is 351 g/mol. The van der Waals surface area contributed by atoms with E-state index in [0.29, 0.717) is 33.8 Å². The summed E-state index contributed by atoms with van der Waals surface area (Å²) >= 11 is 0. The van der Waals surface area contributed by atoms with Crippen molar-refractivity contribution in [2.24, 2.45) is 7.05 Å². The van der Waals surface area contributed by atoms with Gasteiger partial charge in [0.05, 0.1) is 11.1 Å². The number of aromatic nitrogens is 6. The van der Waals surface area contributed by atoms with E-state index in [2.05, 4.69) is 24.9 Å². The second-order valence-corrected chi connectivity index (χ2v) is 5.68. The van der Waals surface area contributed by atoms with E-state index in [-0.39, 0.29) is 11.8 Å². The second kappa shape index (κ2) is 6.03. The highest BCUT2D eigenvalue weighted by Crippen LogP contribution is 2.32. The SMILES string of the molecule is Cc1ccnc(Oc2ccc(-c3cn(C)c4ncnc(N)c34)nc2F)n1. The first kappa shape index (κ1) is 15.9. The van der Waals surface area contributed by atoms with Crippen molar-refractivity contribution in [2.75, 3.05) is 5.73 Å². The largest absolute Gasteiger partial charge is 0.419 e. The van der Waals surface area contributed by atoms with E-state index in [4.69, 9.17) is 10.5 Å². The van der Waals surface area contributed by atoms with Crippen molar-refractivity contribution in [1.82, 2.24) is 29.5 Å². The molecule has 130 valence electrons. The Bertz CT molecular complexity index is 1130. The average Bonchev–Trinajstić information content (AvgIpc) is 2.95. The fourth-order valence-electron chi connectivity index (χ4n) is 2.65. The molecule has 9 heteroatoms. The van der Waals surface area contributed by atoms with Gasteiger partial charge in [0, 0.05) is 30.7 Å². The van der Waals surface area contributed by atoms with Gasteiger partial charge in [0.2, 0.25) is 0 Å². The maximum absolute atomic E-state index is 14.5. The summed E-state index contributed by atoms with van der Waals surface area (Å²) in [5, 5.41) is 0.623. The highest BCUT2D eigenvalue weighted by Gasteiger charge is 2.17. The van der Waals surface area contributed by atoms with Crippen molar-refractivity contribution in [1.29, 1.82) is 0 Å². The predicted molar refractivity (Wildman–Crippen MR) is 93.0 cm³/mol. The van der Waals surface area contributed by atoms with E-state index in [1.807, 2.05) is 7.05 Å². The smallest absolute Gasteiger partial charge is 0.322 e. The number of rotatable bonds is 3. The molecular formula is C17H14FN7O. The van der Waals surface area contributed by atoms with E-state index in [1.165, 1.54) is 18.6 Å². The summed E-state index contributed by atoms with van der Waals surface area (Å²) in [6.07, 6.45) is 4.70. The molecule has 0 spiro atoms. The fraction of sp³-hybridized carbons (Fsp3) is 0.118. The quantitative estimate of drug-likeness (QED) is 0.566. The van der Waals surface area contributed by atoms with Gasteiger partial charge in [0.25, 0.3) is 5.95 Å². The number of pyridine rings is 1. The normalized spacial score (nSPS) is 11.0. The molecule has 0 radical (unpaired) electrons. The van der Waals surface area contributed by atoms with Crippen molar-refractivity contribution in [3.63, 3.8) is 0 Å². The second-order valence-electron chi connectivity index (χ2n) is 5.68. The van der Waals surface area contributed by atoms with Gasteiger partial charge in [-0.3, -0.25) is 0 Å². The first-order valence-corrected chi connectivity index (χ1v) is 7.73. The van der Waals surface area contributed by atoms with Crippen LogP contribution in [0.5, 0.6) is 11.8 Å². The van der Waals surface area contributed by atoms with Crippen molar-refractivity contribution in [2.45, 2.75) is 6.92 Å². The minimum atomic E-state index is -0.778. The molecule has 4 aromatic rings. The third kappa shape index (κ3) is 2.69. The van der Waals surface area contributed by atoms with Gasteiger partial charge in [-0.05, 0) is 25.1 Å². The van der Waals surface area contributed by atoms with Crippen LogP contribution in [-0.4, -0.2) is 29.5 Å². The summed E-state index contributed by atoms with van der Waals surface area (Å²) in [5.41, 5.74) is 8.35. The number of aryl methyl sites for hydroxylation is 2. The average molecular weight is 351 g/mol. The van der Waals surface area contributed by atoms with Crippen LogP contribution >= 0.6 is 0 Å². The fourth-order valence-corrected chi connectivity index (χ4v) is 2.65. The maximum atomic E-state index is 14.5. The molecule has 0 saturated heterocycles. The molecule has 0 bridgehead atoms. The lowest BCUT2D eigenvalue weighted by Gasteiger charge is -2.06. The third-order valence-corrected chi connectivity index (χ3v) is 3.85. The van der Waals surface area contributed by atoms with Gasteiger partial charge in [-0.15, -0.1) is 0 Å². The standard InChI is InChI=1S/C17H14FN7O/c1-9-5-6-20-17(23-9)26-12-4-3-11(24-14(12)18)10-7-25(2)16-13(10)15(19)21-8-22-16/h3-8H,1-2H3,(H2,19,21,22). The molecule has 0 saturated carbocycles. The number of fused-ring (bicyclic) bond motifs is 1. The first-order valence-electron chi connectivity index (χ1n) is 7.73. The molecule has 0 aromatic carbocycles. The van der Waals surface area contributed by atoms with Crippen molar-refractivity contribution >= 4 is 16.9 Å². The molecule has 0 aliphatic heterocycles. The lowest BCUT2D eigenvalue weighted by molar-refractivity contribution is 0.400. The molecule has 0 aliphatic rings. The van der Waals surface area contributed by atoms with Gasteiger partial charge in [-0.2, -0.15) is 4.39 Å². The van der Waals surface area contributed by atoms with Gasteiger partial charge in [-0.1, -0.05) is 0 Å². The van der Waals surface area contributed by atoms with Crippen LogP contribution in [0.25, 0.3) is 22.3 Å². The Morgan fingerprint density at radius 1 is 1.12 bits per heavy atom. The molecule has 26 heavy (non-hydrogen) atoms. The summed E-state index contributed by atoms with van der Waals surface area (Å²) in [5.74, 6) is -0.537.